The lowest BCUT2D eigenvalue weighted by molar-refractivity contribution is 0.405. The molecule has 0 spiro atoms. The van der Waals surface area contributed by atoms with Crippen molar-refractivity contribution in [2.45, 2.75) is 0 Å². The highest BCUT2D eigenvalue weighted by atomic mass is 35.5. The Kier molecular flexibility index (Phi) is 7.63. The zero-order valence-corrected chi connectivity index (χ0v) is 20.2. The van der Waals surface area contributed by atoms with Crippen molar-refractivity contribution < 1.29 is 9.47 Å². The van der Waals surface area contributed by atoms with E-state index in [9.17, 15) is 0 Å². The molecule has 0 aliphatic carbocycles. The lowest BCUT2D eigenvalue weighted by Crippen LogP contribution is -2.02. The molecule has 0 fully saturated rings. The van der Waals surface area contributed by atoms with Crippen LogP contribution in [0.15, 0.2) is 107 Å². The van der Waals surface area contributed by atoms with Crippen LogP contribution >= 0.6 is 23.2 Å². The third-order valence-corrected chi connectivity index (χ3v) is 5.71. The van der Waals surface area contributed by atoms with Crippen LogP contribution in [0.3, 0.4) is 0 Å². The number of hydrogen-bond donors (Lipinski definition) is 0. The molecule has 4 aromatic rings. The summed E-state index contributed by atoms with van der Waals surface area (Å²) >= 11 is 13.1. The lowest BCUT2D eigenvalue weighted by Gasteiger charge is -2.09. The molecular weight excluding hydrogens is 467 g/mol. The molecule has 0 atom stereocenters. The van der Waals surface area contributed by atoms with Gasteiger partial charge in [0.05, 0.1) is 35.6 Å². The van der Waals surface area contributed by atoms with Crippen LogP contribution in [0.5, 0.6) is 0 Å². The first kappa shape index (κ1) is 23.6. The molecule has 0 unspecified atom stereocenters. The fourth-order valence-electron chi connectivity index (χ4n) is 3.39. The van der Waals surface area contributed by atoms with E-state index in [1.54, 1.807) is 14.2 Å². The number of nitrogens with zero attached hydrogens (tertiary/aromatic N) is 2. The van der Waals surface area contributed by atoms with E-state index in [-0.39, 0.29) is 0 Å². The van der Waals surface area contributed by atoms with Gasteiger partial charge in [-0.15, -0.1) is 0 Å². The Labute approximate surface area is 209 Å². The summed E-state index contributed by atoms with van der Waals surface area (Å²) in [5, 5.41) is 1.01. The maximum Gasteiger partial charge on any atom is 0.221 e. The van der Waals surface area contributed by atoms with Crippen molar-refractivity contribution >= 4 is 46.4 Å². The largest absolute Gasteiger partial charge is 0.481 e. The van der Waals surface area contributed by atoms with Gasteiger partial charge in [-0.25, -0.2) is 9.98 Å². The minimum Gasteiger partial charge on any atom is -0.481 e. The first-order chi connectivity index (χ1) is 16.6. The van der Waals surface area contributed by atoms with Crippen LogP contribution in [-0.2, 0) is 9.47 Å². The third-order valence-electron chi connectivity index (χ3n) is 5.10. The number of benzene rings is 4. The molecule has 0 amide bonds. The number of methoxy groups -OCH3 is 2. The number of halogens is 2. The van der Waals surface area contributed by atoms with E-state index in [0.29, 0.717) is 33.2 Å². The van der Waals surface area contributed by atoms with Crippen molar-refractivity contribution in [2.24, 2.45) is 9.98 Å². The van der Waals surface area contributed by atoms with E-state index < -0.39 is 0 Å². The Morgan fingerprint density at radius 3 is 1.26 bits per heavy atom. The molecule has 170 valence electrons. The van der Waals surface area contributed by atoms with Crippen molar-refractivity contribution in [2.75, 3.05) is 14.2 Å². The van der Waals surface area contributed by atoms with E-state index in [4.69, 9.17) is 32.7 Å². The van der Waals surface area contributed by atoms with Crippen molar-refractivity contribution in [1.29, 1.82) is 0 Å². The molecule has 0 aliphatic rings. The second kappa shape index (κ2) is 11.0. The second-order valence-electron chi connectivity index (χ2n) is 7.31. The highest BCUT2D eigenvalue weighted by Gasteiger charge is 2.10. The summed E-state index contributed by atoms with van der Waals surface area (Å²) in [6.45, 7) is 0. The molecule has 4 aromatic carbocycles. The molecule has 0 heterocycles. The van der Waals surface area contributed by atoms with Gasteiger partial charge in [0.15, 0.2) is 0 Å². The van der Waals surface area contributed by atoms with Gasteiger partial charge in [0, 0.05) is 11.1 Å². The molecule has 4 rings (SSSR count). The Bertz CT molecular complexity index is 1230. The molecule has 34 heavy (non-hydrogen) atoms. The lowest BCUT2D eigenvalue weighted by atomic mass is 10.0. The molecule has 0 saturated heterocycles. The minimum absolute atomic E-state index is 0.493. The number of ether oxygens (including phenoxy) is 2. The van der Waals surface area contributed by atoms with E-state index in [2.05, 4.69) is 9.98 Å². The fraction of sp³-hybridized carbons (Fsp3) is 0.0714. The van der Waals surface area contributed by atoms with Crippen LogP contribution in [0.4, 0.5) is 11.4 Å². The van der Waals surface area contributed by atoms with Gasteiger partial charge in [-0.1, -0.05) is 71.7 Å². The highest BCUT2D eigenvalue weighted by Crippen LogP contribution is 2.35. The minimum atomic E-state index is 0.493. The maximum absolute atomic E-state index is 6.56. The first-order valence-corrected chi connectivity index (χ1v) is 11.3. The number of hydrogen-bond acceptors (Lipinski definition) is 4. The molecule has 0 N–H and O–H groups in total. The van der Waals surface area contributed by atoms with E-state index >= 15 is 0 Å². The smallest absolute Gasteiger partial charge is 0.221 e. The molecule has 6 heteroatoms. The molecule has 0 aliphatic heterocycles. The van der Waals surface area contributed by atoms with Crippen LogP contribution in [0.1, 0.15) is 11.1 Å². The van der Waals surface area contributed by atoms with Gasteiger partial charge >= 0.3 is 0 Å². The average molecular weight is 489 g/mol. The van der Waals surface area contributed by atoms with Gasteiger partial charge in [-0.2, -0.15) is 0 Å². The van der Waals surface area contributed by atoms with E-state index in [0.717, 1.165) is 22.3 Å². The van der Waals surface area contributed by atoms with Gasteiger partial charge in [-0.05, 0) is 59.7 Å². The topological polar surface area (TPSA) is 43.2 Å². The van der Waals surface area contributed by atoms with Crippen LogP contribution in [-0.4, -0.2) is 26.0 Å². The molecule has 0 saturated carbocycles. The van der Waals surface area contributed by atoms with Crippen molar-refractivity contribution in [3.8, 4) is 11.1 Å². The van der Waals surface area contributed by atoms with E-state index in [1.165, 1.54) is 0 Å². The van der Waals surface area contributed by atoms with Gasteiger partial charge in [-0.3, -0.25) is 0 Å². The SMILES string of the molecule is CO/C(=N\c1ccc(-c2ccc(/N=C(\OC)c3ccccc3)c(Cl)c2)cc1Cl)c1ccccc1. The maximum atomic E-state index is 6.56. The molecule has 0 bridgehead atoms. The summed E-state index contributed by atoms with van der Waals surface area (Å²) in [4.78, 5) is 9.18. The highest BCUT2D eigenvalue weighted by molar-refractivity contribution is 6.34. The Morgan fingerprint density at radius 1 is 0.559 bits per heavy atom. The van der Waals surface area contributed by atoms with Gasteiger partial charge in [0.2, 0.25) is 11.8 Å². The van der Waals surface area contributed by atoms with Crippen molar-refractivity contribution in [1.82, 2.24) is 0 Å². The predicted molar refractivity (Wildman–Crippen MR) is 141 cm³/mol. The summed E-state index contributed by atoms with van der Waals surface area (Å²) in [6, 6.07) is 30.7. The Balaban J connectivity index is 1.62. The summed E-state index contributed by atoms with van der Waals surface area (Å²) < 4.78 is 10.9. The van der Waals surface area contributed by atoms with Crippen molar-refractivity contribution in [3.63, 3.8) is 0 Å². The normalized spacial score (nSPS) is 11.9. The average Bonchev–Trinajstić information content (AvgIpc) is 2.88. The standard InChI is InChI=1S/C28H22Cl2N2O2/c1-33-27(19-9-5-3-6-10-19)31-25-15-13-21(17-23(25)29)22-14-16-26(24(30)18-22)32-28(34-2)20-11-7-4-8-12-20/h3-18H,1-2H3/b31-27-,32-28-. The summed E-state index contributed by atoms with van der Waals surface area (Å²) in [7, 11) is 3.18. The fourth-order valence-corrected chi connectivity index (χ4v) is 3.84. The Hall–Kier alpha value is -3.60. The quantitative estimate of drug-likeness (QED) is 0.210. The van der Waals surface area contributed by atoms with Crippen molar-refractivity contribution in [3.05, 3.63) is 118 Å². The zero-order chi connectivity index (χ0) is 23.9. The summed E-state index contributed by atoms with van der Waals surface area (Å²) in [5.74, 6) is 0.987. The van der Waals surface area contributed by atoms with Gasteiger partial charge in [0.1, 0.15) is 0 Å². The zero-order valence-electron chi connectivity index (χ0n) is 18.7. The second-order valence-corrected chi connectivity index (χ2v) is 8.12. The first-order valence-electron chi connectivity index (χ1n) is 10.5. The summed E-state index contributed by atoms with van der Waals surface area (Å²) in [5.41, 5.74) is 4.81. The Morgan fingerprint density at radius 2 is 0.941 bits per heavy atom. The van der Waals surface area contributed by atoms with Gasteiger partial charge in [0.25, 0.3) is 0 Å². The molecule has 0 aromatic heterocycles. The monoisotopic (exact) mass is 488 g/mol. The third kappa shape index (κ3) is 5.48. The summed E-state index contributed by atoms with van der Waals surface area (Å²) in [6.07, 6.45) is 0. The van der Waals surface area contributed by atoms with Gasteiger partial charge < -0.3 is 9.47 Å². The predicted octanol–water partition coefficient (Wildman–Crippen LogP) is 8.11. The number of rotatable bonds is 5. The van der Waals surface area contributed by atoms with E-state index in [1.807, 2.05) is 97.1 Å². The van der Waals surface area contributed by atoms with Crippen LogP contribution < -0.4 is 0 Å². The molecule has 4 nitrogen and oxygen atoms in total. The van der Waals surface area contributed by atoms with Crippen LogP contribution in [0.2, 0.25) is 10.0 Å². The molecular formula is C28H22Cl2N2O2. The van der Waals surface area contributed by atoms with Crippen LogP contribution in [0.25, 0.3) is 11.1 Å². The molecule has 0 radical (unpaired) electrons. The van der Waals surface area contributed by atoms with Crippen LogP contribution in [0, 0.1) is 0 Å². The number of aliphatic imine (C=N–C) groups is 2.